The van der Waals surface area contributed by atoms with Gasteiger partial charge in [-0.1, -0.05) is 12.1 Å². The largest absolute Gasteiger partial charge is 0.497 e. The molecule has 1 atom stereocenters. The molecule has 2 aromatic carbocycles. The van der Waals surface area contributed by atoms with Crippen LogP contribution in [0.3, 0.4) is 0 Å². The van der Waals surface area contributed by atoms with E-state index in [-0.39, 0.29) is 11.9 Å². The lowest BCUT2D eigenvalue weighted by molar-refractivity contribution is 0.324. The van der Waals surface area contributed by atoms with Crippen LogP contribution in [0.2, 0.25) is 0 Å². The Balaban J connectivity index is 2.18. The number of ether oxygens (including phenoxy) is 4. The first-order valence-electron chi connectivity index (χ1n) is 9.32. The van der Waals surface area contributed by atoms with Gasteiger partial charge >= 0.3 is 7.60 Å². The second-order valence-electron chi connectivity index (χ2n) is 6.40. The fourth-order valence-corrected chi connectivity index (χ4v) is 3.59. The van der Waals surface area contributed by atoms with Gasteiger partial charge in [0, 0.05) is 17.2 Å². The number of hydrogen-bond acceptors (Lipinski definition) is 8. The van der Waals surface area contributed by atoms with Crippen LogP contribution in [0.4, 0.5) is 0 Å². The molecule has 0 aliphatic heterocycles. The third-order valence-electron chi connectivity index (χ3n) is 4.63. The number of aromatic nitrogens is 1. The molecule has 1 N–H and O–H groups in total. The third-order valence-corrected chi connectivity index (χ3v) is 5.91. The van der Waals surface area contributed by atoms with Crippen LogP contribution < -0.4 is 23.5 Å². The second-order valence-corrected chi connectivity index (χ2v) is 8.49. The van der Waals surface area contributed by atoms with Crippen molar-refractivity contribution in [3.63, 3.8) is 0 Å². The van der Waals surface area contributed by atoms with Crippen LogP contribution in [-0.2, 0) is 4.57 Å². The van der Waals surface area contributed by atoms with Crippen LogP contribution >= 0.6 is 7.60 Å². The number of benzene rings is 2. The molecule has 1 unspecified atom stereocenters. The standard InChI is InChI=1S/C21H24NO8P/c1-6-31(23,24)30-17-11-14(25-2)7-8-15(17)16-12-29-22-20(16)13-9-18(26-3)21(28-5)19(10-13)27-4/h7-12H,6H2,1-5H3,(H,23,24). The highest BCUT2D eigenvalue weighted by atomic mass is 31.2. The molecule has 0 amide bonds. The number of hydrogen-bond donors (Lipinski definition) is 1. The topological polar surface area (TPSA) is 109 Å². The van der Waals surface area contributed by atoms with Crippen LogP contribution in [0.15, 0.2) is 41.1 Å². The van der Waals surface area contributed by atoms with Gasteiger partial charge in [0.2, 0.25) is 5.75 Å². The highest BCUT2D eigenvalue weighted by Crippen LogP contribution is 2.49. The number of rotatable bonds is 9. The lowest BCUT2D eigenvalue weighted by Crippen LogP contribution is -1.98. The predicted octanol–water partition coefficient (Wildman–Crippen LogP) is 4.63. The fraction of sp³-hybridized carbons (Fsp3) is 0.286. The van der Waals surface area contributed by atoms with Crippen molar-refractivity contribution in [1.29, 1.82) is 0 Å². The maximum atomic E-state index is 12.3. The van der Waals surface area contributed by atoms with Gasteiger partial charge in [0.05, 0.1) is 40.2 Å². The highest BCUT2D eigenvalue weighted by Gasteiger charge is 2.24. The van der Waals surface area contributed by atoms with E-state index in [1.807, 2.05) is 0 Å². The van der Waals surface area contributed by atoms with Gasteiger partial charge in [-0.05, 0) is 24.3 Å². The first kappa shape index (κ1) is 22.5. The quantitative estimate of drug-likeness (QED) is 0.468. The SMILES string of the molecule is CCP(=O)(O)Oc1cc(OC)ccc1-c1conc1-c1cc(OC)c(OC)c(OC)c1. The molecule has 1 heterocycles. The Hall–Kier alpha value is -3.16. The average Bonchev–Trinajstić information content (AvgIpc) is 3.27. The molecule has 0 aliphatic carbocycles. The van der Waals surface area contributed by atoms with Crippen LogP contribution in [0.5, 0.6) is 28.7 Å². The Morgan fingerprint density at radius 3 is 2.16 bits per heavy atom. The Kier molecular flexibility index (Phi) is 6.77. The molecular weight excluding hydrogens is 425 g/mol. The van der Waals surface area contributed by atoms with Gasteiger partial charge in [-0.3, -0.25) is 0 Å². The zero-order chi connectivity index (χ0) is 22.6. The number of nitrogens with zero attached hydrogens (tertiary/aromatic N) is 1. The first-order chi connectivity index (χ1) is 14.9. The summed E-state index contributed by atoms with van der Waals surface area (Å²) in [6, 6.07) is 8.42. The fourth-order valence-electron chi connectivity index (χ4n) is 3.00. The molecule has 3 aromatic rings. The average molecular weight is 449 g/mol. The molecule has 10 heteroatoms. The van der Waals surface area contributed by atoms with Crippen molar-refractivity contribution < 1.29 is 37.5 Å². The minimum atomic E-state index is -3.84. The maximum absolute atomic E-state index is 12.3. The lowest BCUT2D eigenvalue weighted by atomic mass is 10.00. The van der Waals surface area contributed by atoms with Crippen molar-refractivity contribution >= 4 is 7.60 Å². The maximum Gasteiger partial charge on any atom is 0.376 e. The summed E-state index contributed by atoms with van der Waals surface area (Å²) >= 11 is 0. The van der Waals surface area contributed by atoms with Gasteiger partial charge in [0.25, 0.3) is 0 Å². The van der Waals surface area contributed by atoms with Crippen LogP contribution in [0, 0.1) is 0 Å². The molecule has 0 radical (unpaired) electrons. The van der Waals surface area contributed by atoms with Crippen molar-refractivity contribution in [1.82, 2.24) is 5.16 Å². The molecular formula is C21H24NO8P. The van der Waals surface area contributed by atoms with Crippen molar-refractivity contribution in [2.75, 3.05) is 34.6 Å². The zero-order valence-electron chi connectivity index (χ0n) is 17.9. The van der Waals surface area contributed by atoms with Crippen molar-refractivity contribution in [3.05, 3.63) is 36.6 Å². The molecule has 1 aromatic heterocycles. The smallest absolute Gasteiger partial charge is 0.376 e. The van der Waals surface area contributed by atoms with Gasteiger partial charge < -0.3 is 32.9 Å². The minimum Gasteiger partial charge on any atom is -0.497 e. The molecule has 0 saturated carbocycles. The van der Waals surface area contributed by atoms with E-state index in [2.05, 4.69) is 5.16 Å². The Labute approximate surface area is 180 Å². The highest BCUT2D eigenvalue weighted by molar-refractivity contribution is 7.53. The first-order valence-corrected chi connectivity index (χ1v) is 11.1. The summed E-state index contributed by atoms with van der Waals surface area (Å²) in [5, 5.41) is 4.12. The minimum absolute atomic E-state index is 0.0486. The monoisotopic (exact) mass is 449 g/mol. The summed E-state index contributed by atoms with van der Waals surface area (Å²) in [5.74, 6) is 1.98. The van der Waals surface area contributed by atoms with E-state index in [9.17, 15) is 9.46 Å². The van der Waals surface area contributed by atoms with Gasteiger partial charge in [0.1, 0.15) is 23.5 Å². The van der Waals surface area contributed by atoms with E-state index < -0.39 is 7.60 Å². The van der Waals surface area contributed by atoms with Gasteiger partial charge in [0.15, 0.2) is 11.5 Å². The summed E-state index contributed by atoms with van der Waals surface area (Å²) in [7, 11) is 2.21. The van der Waals surface area contributed by atoms with Crippen molar-refractivity contribution in [2.24, 2.45) is 0 Å². The normalized spacial score (nSPS) is 12.7. The molecule has 0 bridgehead atoms. The van der Waals surface area contributed by atoms with E-state index >= 15 is 0 Å². The van der Waals surface area contributed by atoms with E-state index in [4.69, 9.17) is 28.0 Å². The Bertz CT molecular complexity index is 1090. The van der Waals surface area contributed by atoms with Crippen LogP contribution in [0.25, 0.3) is 22.4 Å². The number of methoxy groups -OCH3 is 4. The van der Waals surface area contributed by atoms with Crippen LogP contribution in [0.1, 0.15) is 6.92 Å². The molecule has 9 nitrogen and oxygen atoms in total. The zero-order valence-corrected chi connectivity index (χ0v) is 18.8. The van der Waals surface area contributed by atoms with E-state index in [1.54, 1.807) is 37.3 Å². The van der Waals surface area contributed by atoms with E-state index in [1.165, 1.54) is 34.7 Å². The van der Waals surface area contributed by atoms with Crippen molar-refractivity contribution in [2.45, 2.75) is 6.92 Å². The van der Waals surface area contributed by atoms with Crippen LogP contribution in [-0.4, -0.2) is 44.7 Å². The summed E-state index contributed by atoms with van der Waals surface area (Å²) in [5.41, 5.74) is 2.14. The summed E-state index contributed by atoms with van der Waals surface area (Å²) in [6.45, 7) is 1.57. The van der Waals surface area contributed by atoms with Crippen molar-refractivity contribution in [3.8, 4) is 51.1 Å². The third kappa shape index (κ3) is 4.62. The molecule has 0 saturated heterocycles. The summed E-state index contributed by atoms with van der Waals surface area (Å²) in [4.78, 5) is 10.0. The molecule has 0 spiro atoms. The van der Waals surface area contributed by atoms with Gasteiger partial charge in [-0.15, -0.1) is 0 Å². The molecule has 0 aliphatic rings. The molecule has 166 valence electrons. The van der Waals surface area contributed by atoms with Gasteiger partial charge in [-0.2, -0.15) is 0 Å². The Morgan fingerprint density at radius 2 is 1.61 bits per heavy atom. The second kappa shape index (κ2) is 9.32. The Morgan fingerprint density at radius 1 is 0.935 bits per heavy atom. The lowest BCUT2D eigenvalue weighted by Gasteiger charge is -2.16. The molecule has 31 heavy (non-hydrogen) atoms. The summed E-state index contributed by atoms with van der Waals surface area (Å²) < 4.78 is 44.4. The van der Waals surface area contributed by atoms with E-state index in [0.717, 1.165) is 0 Å². The van der Waals surface area contributed by atoms with Gasteiger partial charge in [-0.25, -0.2) is 4.57 Å². The van der Waals surface area contributed by atoms with E-state index in [0.29, 0.717) is 45.4 Å². The summed E-state index contributed by atoms with van der Waals surface area (Å²) in [6.07, 6.45) is 1.38. The molecule has 3 rings (SSSR count). The predicted molar refractivity (Wildman–Crippen MR) is 115 cm³/mol. The molecule has 0 fully saturated rings.